The van der Waals surface area contributed by atoms with Crippen molar-refractivity contribution < 1.29 is 9.72 Å². The van der Waals surface area contributed by atoms with E-state index in [2.05, 4.69) is 26.8 Å². The highest BCUT2D eigenvalue weighted by Crippen LogP contribution is 2.28. The van der Waals surface area contributed by atoms with Crippen molar-refractivity contribution in [1.29, 1.82) is 0 Å². The van der Waals surface area contributed by atoms with E-state index in [1.807, 2.05) is 6.07 Å². The minimum Gasteiger partial charge on any atom is -0.384 e. The highest BCUT2D eigenvalue weighted by Gasteiger charge is 2.23. The number of nitrogens with two attached hydrogens (primary N) is 2. The molecule has 32 heavy (non-hydrogen) atoms. The molecule has 10 nitrogen and oxygen atoms in total. The standard InChI is InChI=1S/C18H19N3O3.C4H6N4/c1-19-9-11-20(12-10-19)17-8-7-15(21(23)24)13-16(17)18(22)14-5-3-2-4-6-14;5-3-1-2-7-4(6)8-3/h2-8,13H,9-12H2,1H3;1-2H,(H4,5,6,7,8). The molecule has 2 aromatic carbocycles. The summed E-state index contributed by atoms with van der Waals surface area (Å²) in [6.07, 6.45) is 1.51. The number of nitro benzene ring substituents is 1. The number of non-ortho nitro benzene ring substituents is 1. The van der Waals surface area contributed by atoms with Crippen LogP contribution in [0.5, 0.6) is 0 Å². The fourth-order valence-electron chi connectivity index (χ4n) is 3.28. The largest absolute Gasteiger partial charge is 0.384 e. The molecule has 166 valence electrons. The Morgan fingerprint density at radius 3 is 2.28 bits per heavy atom. The van der Waals surface area contributed by atoms with Crippen molar-refractivity contribution in [2.24, 2.45) is 0 Å². The van der Waals surface area contributed by atoms with Gasteiger partial charge < -0.3 is 21.3 Å². The lowest BCUT2D eigenvalue weighted by Gasteiger charge is -2.35. The number of carbonyl (C=O) groups is 1. The Labute approximate surface area is 185 Å². The molecule has 0 bridgehead atoms. The maximum absolute atomic E-state index is 12.9. The second kappa shape index (κ2) is 10.3. The molecule has 0 radical (unpaired) electrons. The van der Waals surface area contributed by atoms with E-state index < -0.39 is 4.92 Å². The van der Waals surface area contributed by atoms with Crippen LogP contribution in [-0.4, -0.2) is 58.8 Å². The summed E-state index contributed by atoms with van der Waals surface area (Å²) in [6.45, 7) is 3.39. The van der Waals surface area contributed by atoms with Gasteiger partial charge in [-0.1, -0.05) is 30.3 Å². The molecule has 0 unspecified atom stereocenters. The Morgan fingerprint density at radius 2 is 1.72 bits per heavy atom. The second-order valence-corrected chi connectivity index (χ2v) is 7.28. The van der Waals surface area contributed by atoms with E-state index in [9.17, 15) is 14.9 Å². The minimum atomic E-state index is -0.463. The zero-order chi connectivity index (χ0) is 23.1. The van der Waals surface area contributed by atoms with Crippen LogP contribution in [0.15, 0.2) is 60.8 Å². The molecule has 1 aromatic heterocycles. The van der Waals surface area contributed by atoms with Crippen molar-refractivity contribution in [2.75, 3.05) is 49.6 Å². The predicted octanol–water partition coefficient (Wildman–Crippen LogP) is 2.22. The first-order chi connectivity index (χ1) is 15.3. The summed E-state index contributed by atoms with van der Waals surface area (Å²) >= 11 is 0. The summed E-state index contributed by atoms with van der Waals surface area (Å²) in [4.78, 5) is 35.1. The number of rotatable bonds is 4. The topological polar surface area (TPSA) is 145 Å². The maximum Gasteiger partial charge on any atom is 0.270 e. The van der Waals surface area contributed by atoms with E-state index >= 15 is 0 Å². The van der Waals surface area contributed by atoms with E-state index in [0.717, 1.165) is 31.9 Å². The molecule has 4 rings (SSSR count). The lowest BCUT2D eigenvalue weighted by molar-refractivity contribution is -0.384. The number of likely N-dealkylation sites (N-methyl/N-ethyl adjacent to an activating group) is 1. The number of nitrogen functional groups attached to an aromatic ring is 2. The van der Waals surface area contributed by atoms with E-state index in [4.69, 9.17) is 11.5 Å². The van der Waals surface area contributed by atoms with Crippen LogP contribution in [0.4, 0.5) is 23.1 Å². The van der Waals surface area contributed by atoms with Crippen LogP contribution in [0.1, 0.15) is 15.9 Å². The third-order valence-corrected chi connectivity index (χ3v) is 5.01. The first-order valence-electron chi connectivity index (χ1n) is 10.0. The number of anilines is 3. The molecule has 1 aliphatic rings. The fraction of sp³-hybridized carbons (Fsp3) is 0.227. The number of piperazine rings is 1. The van der Waals surface area contributed by atoms with E-state index in [0.29, 0.717) is 16.9 Å². The summed E-state index contributed by atoms with van der Waals surface area (Å²) in [7, 11) is 2.06. The monoisotopic (exact) mass is 435 g/mol. The van der Waals surface area contributed by atoms with Crippen molar-refractivity contribution in [1.82, 2.24) is 14.9 Å². The van der Waals surface area contributed by atoms with Crippen LogP contribution >= 0.6 is 0 Å². The molecule has 0 amide bonds. The van der Waals surface area contributed by atoms with Gasteiger partial charge in [-0.3, -0.25) is 14.9 Å². The number of ketones is 1. The molecule has 1 saturated heterocycles. The van der Waals surface area contributed by atoms with Crippen molar-refractivity contribution in [2.45, 2.75) is 0 Å². The van der Waals surface area contributed by atoms with Gasteiger partial charge in [-0.15, -0.1) is 0 Å². The number of hydrogen-bond acceptors (Lipinski definition) is 9. The molecule has 2 heterocycles. The average Bonchev–Trinajstić information content (AvgIpc) is 2.79. The lowest BCUT2D eigenvalue weighted by atomic mass is 10.00. The molecular weight excluding hydrogens is 410 g/mol. The van der Waals surface area contributed by atoms with Crippen molar-refractivity contribution in [3.05, 3.63) is 82.0 Å². The summed E-state index contributed by atoms with van der Waals surface area (Å²) in [5.74, 6) is 0.427. The molecular formula is C22H25N7O3. The molecule has 10 heteroatoms. The Morgan fingerprint density at radius 1 is 1.03 bits per heavy atom. The molecule has 1 aliphatic heterocycles. The molecule has 0 aliphatic carbocycles. The third kappa shape index (κ3) is 5.76. The Kier molecular flexibility index (Phi) is 7.29. The van der Waals surface area contributed by atoms with E-state index in [1.165, 1.54) is 18.3 Å². The SMILES string of the molecule is CN1CCN(c2ccc([N+](=O)[O-])cc2C(=O)c2ccccc2)CC1.Nc1ccnc(N)n1. The van der Waals surface area contributed by atoms with Crippen LogP contribution in [0.3, 0.4) is 0 Å². The molecule has 0 spiro atoms. The lowest BCUT2D eigenvalue weighted by Crippen LogP contribution is -2.45. The molecule has 0 saturated carbocycles. The Balaban J connectivity index is 0.000000305. The zero-order valence-corrected chi connectivity index (χ0v) is 17.7. The summed E-state index contributed by atoms with van der Waals surface area (Å²) < 4.78 is 0. The van der Waals surface area contributed by atoms with E-state index in [-0.39, 0.29) is 17.4 Å². The molecule has 4 N–H and O–H groups in total. The first kappa shape index (κ1) is 22.6. The number of carbonyl (C=O) groups excluding carboxylic acids is 1. The third-order valence-electron chi connectivity index (χ3n) is 5.01. The summed E-state index contributed by atoms with van der Waals surface area (Å²) in [6, 6.07) is 15.0. The second-order valence-electron chi connectivity index (χ2n) is 7.28. The summed E-state index contributed by atoms with van der Waals surface area (Å²) in [5, 5.41) is 11.1. The molecule has 3 aromatic rings. The van der Waals surface area contributed by atoms with Gasteiger partial charge in [0.1, 0.15) is 5.82 Å². The van der Waals surface area contributed by atoms with Gasteiger partial charge in [-0.05, 0) is 19.2 Å². The van der Waals surface area contributed by atoms with Gasteiger partial charge in [-0.2, -0.15) is 4.98 Å². The van der Waals surface area contributed by atoms with Gasteiger partial charge in [0, 0.05) is 55.8 Å². The quantitative estimate of drug-likeness (QED) is 0.358. The average molecular weight is 435 g/mol. The van der Waals surface area contributed by atoms with Gasteiger partial charge in [0.2, 0.25) is 5.95 Å². The van der Waals surface area contributed by atoms with Crippen LogP contribution < -0.4 is 16.4 Å². The van der Waals surface area contributed by atoms with Gasteiger partial charge >= 0.3 is 0 Å². The number of aromatic nitrogens is 2. The van der Waals surface area contributed by atoms with Crippen LogP contribution in [-0.2, 0) is 0 Å². The number of hydrogen-bond donors (Lipinski definition) is 2. The van der Waals surface area contributed by atoms with Crippen molar-refractivity contribution in [3.63, 3.8) is 0 Å². The normalized spacial score (nSPS) is 13.7. The van der Waals surface area contributed by atoms with E-state index in [1.54, 1.807) is 36.4 Å². The Bertz CT molecular complexity index is 1070. The predicted molar refractivity (Wildman–Crippen MR) is 124 cm³/mol. The number of benzene rings is 2. The van der Waals surface area contributed by atoms with Crippen molar-refractivity contribution in [3.8, 4) is 0 Å². The minimum absolute atomic E-state index is 0.0628. The van der Waals surface area contributed by atoms with Crippen LogP contribution in [0, 0.1) is 10.1 Å². The van der Waals surface area contributed by atoms with Crippen molar-refractivity contribution >= 4 is 28.9 Å². The van der Waals surface area contributed by atoms with Gasteiger partial charge in [0.15, 0.2) is 5.78 Å². The first-order valence-corrected chi connectivity index (χ1v) is 10.0. The smallest absolute Gasteiger partial charge is 0.270 e. The fourth-order valence-corrected chi connectivity index (χ4v) is 3.28. The number of nitrogens with zero attached hydrogens (tertiary/aromatic N) is 5. The molecule has 1 fully saturated rings. The number of nitro groups is 1. The highest BCUT2D eigenvalue weighted by molar-refractivity contribution is 6.12. The highest BCUT2D eigenvalue weighted by atomic mass is 16.6. The maximum atomic E-state index is 12.9. The van der Waals surface area contributed by atoms with Gasteiger partial charge in [0.25, 0.3) is 5.69 Å². The molecule has 0 atom stereocenters. The van der Waals surface area contributed by atoms with Crippen LogP contribution in [0.25, 0.3) is 0 Å². The van der Waals surface area contributed by atoms with Gasteiger partial charge in [-0.25, -0.2) is 4.98 Å². The zero-order valence-electron chi connectivity index (χ0n) is 17.7. The summed E-state index contributed by atoms with van der Waals surface area (Å²) in [5.41, 5.74) is 12.0. The van der Waals surface area contributed by atoms with Gasteiger partial charge in [0.05, 0.1) is 10.5 Å². The van der Waals surface area contributed by atoms with Crippen LogP contribution in [0.2, 0.25) is 0 Å². The Hall–Kier alpha value is -4.05.